The number of nitrogens with zero attached hydrogens (tertiary/aromatic N) is 1. The molecule has 1 heterocycles. The van der Waals surface area contributed by atoms with E-state index < -0.39 is 15.8 Å². The molecular weight excluding hydrogens is 359 g/mol. The lowest BCUT2D eigenvalue weighted by molar-refractivity contribution is 0.599. The number of pyridine rings is 1. The van der Waals surface area contributed by atoms with Gasteiger partial charge in [0.2, 0.25) is 0 Å². The first kappa shape index (κ1) is 14.2. The molecule has 8 heteroatoms. The molecule has 0 atom stereocenters. The number of hydrogen-bond acceptors (Lipinski definition) is 3. The van der Waals surface area contributed by atoms with Crippen molar-refractivity contribution in [2.24, 2.45) is 0 Å². The number of benzene rings is 1. The number of hydrogen-bond donors (Lipinski definition) is 1. The highest BCUT2D eigenvalue weighted by Crippen LogP contribution is 2.24. The molecule has 0 fully saturated rings. The predicted molar refractivity (Wildman–Crippen MR) is 74.2 cm³/mol. The van der Waals surface area contributed by atoms with Gasteiger partial charge >= 0.3 is 0 Å². The van der Waals surface area contributed by atoms with Gasteiger partial charge in [0.25, 0.3) is 10.0 Å². The zero-order valence-corrected chi connectivity index (χ0v) is 12.4. The Bertz CT molecular complexity index is 707. The van der Waals surface area contributed by atoms with E-state index in [9.17, 15) is 12.8 Å². The highest BCUT2D eigenvalue weighted by Gasteiger charge is 2.18. The summed E-state index contributed by atoms with van der Waals surface area (Å²) in [5, 5.41) is -0.183. The Labute approximate surface area is 122 Å². The summed E-state index contributed by atoms with van der Waals surface area (Å²) in [5.41, 5.74) is 0.281. The normalized spacial score (nSPS) is 11.3. The molecule has 0 saturated heterocycles. The molecule has 19 heavy (non-hydrogen) atoms. The van der Waals surface area contributed by atoms with Crippen LogP contribution in [0.4, 0.5) is 10.1 Å². The summed E-state index contributed by atoms with van der Waals surface area (Å²) in [7, 11) is -3.88. The first-order valence-electron chi connectivity index (χ1n) is 4.98. The Morgan fingerprint density at radius 2 is 2.00 bits per heavy atom. The van der Waals surface area contributed by atoms with E-state index >= 15 is 0 Å². The molecule has 0 aliphatic rings. The predicted octanol–water partition coefficient (Wildman–Crippen LogP) is 3.44. The molecule has 0 amide bonds. The molecule has 1 aromatic carbocycles. The zero-order chi connectivity index (χ0) is 14.0. The number of nitrogens with one attached hydrogen (secondary N) is 1. The minimum absolute atomic E-state index is 0.183. The molecule has 2 aromatic rings. The minimum atomic E-state index is -3.88. The van der Waals surface area contributed by atoms with Gasteiger partial charge in [0.1, 0.15) is 15.3 Å². The lowest BCUT2D eigenvalue weighted by Gasteiger charge is -2.09. The van der Waals surface area contributed by atoms with E-state index in [-0.39, 0.29) is 15.6 Å². The molecule has 0 spiro atoms. The molecule has 100 valence electrons. The highest BCUT2D eigenvalue weighted by molar-refractivity contribution is 9.10. The summed E-state index contributed by atoms with van der Waals surface area (Å²) in [5.74, 6) is -0.603. The van der Waals surface area contributed by atoms with Gasteiger partial charge in [0, 0.05) is 0 Å². The second kappa shape index (κ2) is 5.44. The van der Waals surface area contributed by atoms with Crippen molar-refractivity contribution in [1.82, 2.24) is 4.98 Å². The van der Waals surface area contributed by atoms with Crippen molar-refractivity contribution < 1.29 is 12.8 Å². The molecule has 0 bridgehead atoms. The average molecular weight is 366 g/mol. The molecule has 1 aromatic heterocycles. The number of halogens is 3. The van der Waals surface area contributed by atoms with Crippen LogP contribution in [0.25, 0.3) is 0 Å². The Kier molecular flexibility index (Phi) is 4.07. The fourth-order valence-electron chi connectivity index (χ4n) is 1.34. The third-order valence-electron chi connectivity index (χ3n) is 2.16. The number of aromatic nitrogens is 1. The standard InChI is InChI=1S/C11H7BrClFN2O2S/c12-11-4-2-8(6-15-11)16-19(17,18)10-3-1-7(14)5-9(10)13/h1-6,16H. The lowest BCUT2D eigenvalue weighted by atomic mass is 10.3. The monoisotopic (exact) mass is 364 g/mol. The smallest absolute Gasteiger partial charge is 0.263 e. The van der Waals surface area contributed by atoms with E-state index in [4.69, 9.17) is 11.6 Å². The molecule has 0 aliphatic carbocycles. The SMILES string of the molecule is O=S(=O)(Nc1ccc(Br)nc1)c1ccc(F)cc1Cl. The van der Waals surface area contributed by atoms with Gasteiger partial charge in [0.05, 0.1) is 16.9 Å². The van der Waals surface area contributed by atoms with E-state index in [2.05, 4.69) is 25.6 Å². The average Bonchev–Trinajstić information content (AvgIpc) is 2.31. The van der Waals surface area contributed by atoms with Crippen LogP contribution in [0.1, 0.15) is 0 Å². The van der Waals surface area contributed by atoms with Gasteiger partial charge in [-0.2, -0.15) is 0 Å². The summed E-state index contributed by atoms with van der Waals surface area (Å²) in [6.07, 6.45) is 1.35. The van der Waals surface area contributed by atoms with E-state index in [0.717, 1.165) is 18.2 Å². The molecule has 0 unspecified atom stereocenters. The van der Waals surface area contributed by atoms with Crippen LogP contribution in [-0.2, 0) is 10.0 Å². The maximum Gasteiger partial charge on any atom is 0.263 e. The Hall–Kier alpha value is -1.18. The van der Waals surface area contributed by atoms with Crippen LogP contribution in [0.2, 0.25) is 5.02 Å². The second-order valence-electron chi connectivity index (χ2n) is 3.55. The molecule has 1 N–H and O–H groups in total. The maximum absolute atomic E-state index is 12.9. The van der Waals surface area contributed by atoms with Crippen molar-refractivity contribution in [2.75, 3.05) is 4.72 Å². The Morgan fingerprint density at radius 1 is 1.26 bits per heavy atom. The summed E-state index contributed by atoms with van der Waals surface area (Å²) in [6.45, 7) is 0. The Balaban J connectivity index is 2.35. The molecule has 0 aliphatic heterocycles. The lowest BCUT2D eigenvalue weighted by Crippen LogP contribution is -2.13. The summed E-state index contributed by atoms with van der Waals surface area (Å²) < 4.78 is 39.9. The van der Waals surface area contributed by atoms with Crippen LogP contribution in [0.3, 0.4) is 0 Å². The van der Waals surface area contributed by atoms with Crippen LogP contribution in [0.15, 0.2) is 46.0 Å². The molecular formula is C11H7BrClFN2O2S. The van der Waals surface area contributed by atoms with Crippen molar-refractivity contribution in [1.29, 1.82) is 0 Å². The molecule has 0 saturated carbocycles. The third-order valence-corrected chi connectivity index (χ3v) is 4.50. The van der Waals surface area contributed by atoms with Gasteiger partial charge in [-0.3, -0.25) is 4.72 Å². The van der Waals surface area contributed by atoms with Crippen molar-refractivity contribution in [3.63, 3.8) is 0 Å². The quantitative estimate of drug-likeness (QED) is 0.848. The summed E-state index contributed by atoms with van der Waals surface area (Å²) >= 11 is 8.86. The van der Waals surface area contributed by atoms with Crippen LogP contribution >= 0.6 is 27.5 Å². The largest absolute Gasteiger partial charge is 0.278 e. The van der Waals surface area contributed by atoms with Crippen molar-refractivity contribution in [2.45, 2.75) is 4.90 Å². The number of sulfonamides is 1. The summed E-state index contributed by atoms with van der Waals surface area (Å²) in [6, 6.07) is 6.19. The van der Waals surface area contributed by atoms with Crippen molar-refractivity contribution in [3.05, 3.63) is 52.0 Å². The Morgan fingerprint density at radius 3 is 2.58 bits per heavy atom. The zero-order valence-electron chi connectivity index (χ0n) is 9.27. The van der Waals surface area contributed by atoms with E-state index in [0.29, 0.717) is 4.60 Å². The van der Waals surface area contributed by atoms with Gasteiger partial charge in [-0.1, -0.05) is 11.6 Å². The molecule has 2 rings (SSSR count). The first-order valence-corrected chi connectivity index (χ1v) is 7.63. The van der Waals surface area contributed by atoms with Crippen LogP contribution in [-0.4, -0.2) is 13.4 Å². The van der Waals surface area contributed by atoms with Crippen LogP contribution in [0, 0.1) is 5.82 Å². The molecule has 0 radical (unpaired) electrons. The van der Waals surface area contributed by atoms with Gasteiger partial charge < -0.3 is 0 Å². The third kappa shape index (κ3) is 3.43. The van der Waals surface area contributed by atoms with Crippen molar-refractivity contribution >= 4 is 43.2 Å². The summed E-state index contributed by atoms with van der Waals surface area (Å²) in [4.78, 5) is 3.69. The fourth-order valence-corrected chi connectivity index (χ4v) is 3.15. The maximum atomic E-state index is 12.9. The van der Waals surface area contributed by atoms with E-state index in [1.807, 2.05) is 0 Å². The molecule has 4 nitrogen and oxygen atoms in total. The van der Waals surface area contributed by atoms with Crippen LogP contribution in [0.5, 0.6) is 0 Å². The highest BCUT2D eigenvalue weighted by atomic mass is 79.9. The van der Waals surface area contributed by atoms with Gasteiger partial charge in [-0.15, -0.1) is 0 Å². The topological polar surface area (TPSA) is 59.1 Å². The van der Waals surface area contributed by atoms with Gasteiger partial charge in [-0.25, -0.2) is 17.8 Å². The number of anilines is 1. The van der Waals surface area contributed by atoms with Gasteiger partial charge in [-0.05, 0) is 46.3 Å². The fraction of sp³-hybridized carbons (Fsp3) is 0. The van der Waals surface area contributed by atoms with E-state index in [1.165, 1.54) is 12.3 Å². The second-order valence-corrected chi connectivity index (χ2v) is 6.42. The number of rotatable bonds is 3. The van der Waals surface area contributed by atoms with Gasteiger partial charge in [0.15, 0.2) is 0 Å². The van der Waals surface area contributed by atoms with E-state index in [1.54, 1.807) is 6.07 Å². The van der Waals surface area contributed by atoms with Crippen LogP contribution < -0.4 is 4.72 Å². The first-order chi connectivity index (χ1) is 8.88. The van der Waals surface area contributed by atoms with Crippen molar-refractivity contribution in [3.8, 4) is 0 Å². The minimum Gasteiger partial charge on any atom is -0.278 e.